The molecule has 1 amide bonds. The van der Waals surface area contributed by atoms with Crippen LogP contribution in [0, 0.1) is 5.92 Å². The molecule has 4 heteroatoms. The third kappa shape index (κ3) is 4.58. The Hall–Kier alpha value is -1.39. The van der Waals surface area contributed by atoms with E-state index in [1.807, 2.05) is 12.1 Å². The van der Waals surface area contributed by atoms with E-state index in [-0.39, 0.29) is 11.8 Å². The van der Waals surface area contributed by atoms with Crippen molar-refractivity contribution in [1.29, 1.82) is 0 Å². The summed E-state index contributed by atoms with van der Waals surface area (Å²) in [5.41, 5.74) is 2.25. The average Bonchev–Trinajstić information content (AvgIpc) is 2.58. The van der Waals surface area contributed by atoms with Crippen LogP contribution in [0.5, 0.6) is 0 Å². The number of rotatable bonds is 4. The number of carbonyl (C=O) groups is 1. The van der Waals surface area contributed by atoms with Crippen molar-refractivity contribution in [3.63, 3.8) is 0 Å². The highest BCUT2D eigenvalue weighted by Crippen LogP contribution is 2.21. The number of hydrogen-bond acceptors (Lipinski definition) is 3. The van der Waals surface area contributed by atoms with E-state index in [1.165, 1.54) is 31.4 Å². The quantitative estimate of drug-likeness (QED) is 0.890. The SMILES string of the molecule is CC1CCCCN1Cc1ccc(NC(=O)[C@H]2CCN[C@@H](C)C2)cc1. The molecule has 0 saturated carbocycles. The number of nitrogens with zero attached hydrogens (tertiary/aromatic N) is 1. The summed E-state index contributed by atoms with van der Waals surface area (Å²) in [5, 5.41) is 6.49. The second-order valence-corrected chi connectivity index (χ2v) is 7.58. The van der Waals surface area contributed by atoms with Crippen LogP contribution in [0.3, 0.4) is 0 Å². The smallest absolute Gasteiger partial charge is 0.227 e. The summed E-state index contributed by atoms with van der Waals surface area (Å²) in [6.07, 6.45) is 5.84. The lowest BCUT2D eigenvalue weighted by molar-refractivity contribution is -0.120. The molecule has 2 saturated heterocycles. The molecule has 1 aromatic carbocycles. The fourth-order valence-corrected chi connectivity index (χ4v) is 3.93. The number of anilines is 1. The highest BCUT2D eigenvalue weighted by atomic mass is 16.1. The van der Waals surface area contributed by atoms with Gasteiger partial charge < -0.3 is 10.6 Å². The van der Waals surface area contributed by atoms with Crippen LogP contribution in [0.25, 0.3) is 0 Å². The van der Waals surface area contributed by atoms with Crippen molar-refractivity contribution < 1.29 is 4.79 Å². The van der Waals surface area contributed by atoms with Gasteiger partial charge in [0.25, 0.3) is 0 Å². The van der Waals surface area contributed by atoms with E-state index in [2.05, 4.69) is 41.5 Å². The maximum atomic E-state index is 12.4. The van der Waals surface area contributed by atoms with Crippen molar-refractivity contribution in [2.45, 2.75) is 64.6 Å². The zero-order valence-corrected chi connectivity index (χ0v) is 15.1. The minimum atomic E-state index is 0.134. The zero-order valence-electron chi connectivity index (χ0n) is 15.1. The van der Waals surface area contributed by atoms with Crippen molar-refractivity contribution in [2.24, 2.45) is 5.92 Å². The maximum Gasteiger partial charge on any atom is 0.227 e. The number of nitrogens with one attached hydrogen (secondary N) is 2. The van der Waals surface area contributed by atoms with Gasteiger partial charge in [-0.15, -0.1) is 0 Å². The molecule has 0 aliphatic carbocycles. The van der Waals surface area contributed by atoms with Gasteiger partial charge in [-0.3, -0.25) is 9.69 Å². The number of hydrogen-bond donors (Lipinski definition) is 2. The van der Waals surface area contributed by atoms with E-state index in [9.17, 15) is 4.79 Å². The number of benzene rings is 1. The molecule has 3 atom stereocenters. The van der Waals surface area contributed by atoms with Gasteiger partial charge in [-0.2, -0.15) is 0 Å². The van der Waals surface area contributed by atoms with Crippen LogP contribution in [0.1, 0.15) is 51.5 Å². The maximum absolute atomic E-state index is 12.4. The highest BCUT2D eigenvalue weighted by Gasteiger charge is 2.24. The van der Waals surface area contributed by atoms with Gasteiger partial charge in [0.15, 0.2) is 0 Å². The third-order valence-corrected chi connectivity index (χ3v) is 5.54. The van der Waals surface area contributed by atoms with Crippen LogP contribution < -0.4 is 10.6 Å². The normalized spacial score (nSPS) is 28.5. The molecular formula is C20H31N3O. The molecule has 4 nitrogen and oxygen atoms in total. The van der Waals surface area contributed by atoms with Gasteiger partial charge in [0.05, 0.1) is 0 Å². The molecule has 0 bridgehead atoms. The first-order chi connectivity index (χ1) is 11.6. The van der Waals surface area contributed by atoms with Gasteiger partial charge in [0.1, 0.15) is 0 Å². The van der Waals surface area contributed by atoms with Crippen molar-refractivity contribution >= 4 is 11.6 Å². The van der Waals surface area contributed by atoms with E-state index >= 15 is 0 Å². The Balaban J connectivity index is 1.53. The summed E-state index contributed by atoms with van der Waals surface area (Å²) in [6, 6.07) is 9.52. The molecule has 1 unspecified atom stereocenters. The fourth-order valence-electron chi connectivity index (χ4n) is 3.93. The molecule has 2 aliphatic rings. The van der Waals surface area contributed by atoms with Crippen LogP contribution in [0.4, 0.5) is 5.69 Å². The Morgan fingerprint density at radius 1 is 1.21 bits per heavy atom. The molecule has 2 N–H and O–H groups in total. The molecule has 24 heavy (non-hydrogen) atoms. The molecular weight excluding hydrogens is 298 g/mol. The lowest BCUT2D eigenvalue weighted by atomic mass is 9.92. The summed E-state index contributed by atoms with van der Waals surface area (Å²) in [7, 11) is 0. The summed E-state index contributed by atoms with van der Waals surface area (Å²) in [6.45, 7) is 7.63. The Morgan fingerprint density at radius 2 is 2.00 bits per heavy atom. The minimum Gasteiger partial charge on any atom is -0.326 e. The van der Waals surface area contributed by atoms with Crippen molar-refractivity contribution in [1.82, 2.24) is 10.2 Å². The Labute approximate surface area is 146 Å². The number of carbonyl (C=O) groups excluding carboxylic acids is 1. The van der Waals surface area contributed by atoms with Crippen LogP contribution in [-0.2, 0) is 11.3 Å². The van der Waals surface area contributed by atoms with Gasteiger partial charge in [-0.25, -0.2) is 0 Å². The van der Waals surface area contributed by atoms with Crippen LogP contribution in [0.15, 0.2) is 24.3 Å². The second-order valence-electron chi connectivity index (χ2n) is 7.58. The fraction of sp³-hybridized carbons (Fsp3) is 0.650. The lowest BCUT2D eigenvalue weighted by Crippen LogP contribution is -2.40. The monoisotopic (exact) mass is 329 g/mol. The third-order valence-electron chi connectivity index (χ3n) is 5.54. The number of piperidine rings is 2. The topological polar surface area (TPSA) is 44.4 Å². The van der Waals surface area contributed by atoms with Crippen molar-refractivity contribution in [3.05, 3.63) is 29.8 Å². The molecule has 132 valence electrons. The highest BCUT2D eigenvalue weighted by molar-refractivity contribution is 5.92. The number of likely N-dealkylation sites (tertiary alicyclic amines) is 1. The minimum absolute atomic E-state index is 0.134. The van der Waals surface area contributed by atoms with Gasteiger partial charge in [-0.05, 0) is 70.3 Å². The molecule has 2 aliphatic heterocycles. The standard InChI is InChI=1S/C20H31N3O/c1-15-13-18(10-11-21-15)20(24)22-19-8-6-17(7-9-19)14-23-12-4-3-5-16(23)2/h6-9,15-16,18,21H,3-5,10-14H2,1-2H3,(H,22,24)/t15-,16?,18-/m0/s1. The average molecular weight is 329 g/mol. The predicted molar refractivity (Wildman–Crippen MR) is 99.0 cm³/mol. The van der Waals surface area contributed by atoms with Gasteiger partial charge >= 0.3 is 0 Å². The largest absolute Gasteiger partial charge is 0.326 e. The first-order valence-corrected chi connectivity index (χ1v) is 9.49. The molecule has 2 fully saturated rings. The van der Waals surface area contributed by atoms with E-state index in [4.69, 9.17) is 0 Å². The van der Waals surface area contributed by atoms with E-state index in [0.717, 1.165) is 31.6 Å². The predicted octanol–water partition coefficient (Wildman–Crippen LogP) is 3.39. The molecule has 1 aromatic rings. The summed E-state index contributed by atoms with van der Waals surface area (Å²) in [5.74, 6) is 0.302. The first kappa shape index (κ1) is 17.4. The van der Waals surface area contributed by atoms with Crippen LogP contribution >= 0.6 is 0 Å². The van der Waals surface area contributed by atoms with Crippen molar-refractivity contribution in [2.75, 3.05) is 18.4 Å². The Kier molecular flexibility index (Phi) is 5.90. The summed E-state index contributed by atoms with van der Waals surface area (Å²) < 4.78 is 0. The Morgan fingerprint density at radius 3 is 2.71 bits per heavy atom. The van der Waals surface area contributed by atoms with E-state index in [0.29, 0.717) is 12.1 Å². The van der Waals surface area contributed by atoms with Gasteiger partial charge in [-0.1, -0.05) is 18.6 Å². The van der Waals surface area contributed by atoms with Gasteiger partial charge in [0.2, 0.25) is 5.91 Å². The van der Waals surface area contributed by atoms with Crippen LogP contribution in [-0.4, -0.2) is 36.0 Å². The molecule has 0 aromatic heterocycles. The lowest BCUT2D eigenvalue weighted by Gasteiger charge is -2.33. The molecule has 0 spiro atoms. The molecule has 0 radical (unpaired) electrons. The van der Waals surface area contributed by atoms with Crippen LogP contribution in [0.2, 0.25) is 0 Å². The second kappa shape index (κ2) is 8.13. The van der Waals surface area contributed by atoms with Crippen molar-refractivity contribution in [3.8, 4) is 0 Å². The number of amides is 1. The summed E-state index contributed by atoms with van der Waals surface area (Å²) in [4.78, 5) is 15.0. The van der Waals surface area contributed by atoms with E-state index < -0.39 is 0 Å². The molecule has 2 heterocycles. The molecule has 3 rings (SSSR count). The van der Waals surface area contributed by atoms with Gasteiger partial charge in [0, 0.05) is 30.2 Å². The van der Waals surface area contributed by atoms with E-state index in [1.54, 1.807) is 0 Å². The Bertz CT molecular complexity index is 542. The summed E-state index contributed by atoms with van der Waals surface area (Å²) >= 11 is 0. The first-order valence-electron chi connectivity index (χ1n) is 9.49. The zero-order chi connectivity index (χ0) is 16.9.